The Labute approximate surface area is 173 Å². The van der Waals surface area contributed by atoms with Crippen molar-refractivity contribution in [2.75, 3.05) is 49.2 Å². The molecule has 2 aromatic heterocycles. The van der Waals surface area contributed by atoms with Crippen molar-refractivity contribution in [3.63, 3.8) is 0 Å². The molecule has 2 atom stereocenters. The second kappa shape index (κ2) is 8.17. The molecule has 2 fully saturated rings. The third kappa shape index (κ3) is 3.77. The number of hydrogen-bond donors (Lipinski definition) is 1. The van der Waals surface area contributed by atoms with E-state index < -0.39 is 6.10 Å². The average Bonchev–Trinajstić information content (AvgIpc) is 3.33. The molecular weight excluding hydrogens is 388 g/mol. The standard InChI is InChI=1S/C20H24N6O2S/c27-18(20-21-5-11-29-20)14-2-1-6-26(13-14)19-16-4-3-15(12-17(16)22-24-23-19)25-7-9-28-10-8-25/h3-5,11-12,14,18,27H,1-2,6-10,13H2/t14-,18?/m1/s1. The molecule has 152 valence electrons. The van der Waals surface area contributed by atoms with Crippen LogP contribution in [0.4, 0.5) is 11.5 Å². The second-order valence-corrected chi connectivity index (χ2v) is 8.50. The van der Waals surface area contributed by atoms with E-state index in [-0.39, 0.29) is 5.92 Å². The van der Waals surface area contributed by atoms with Crippen molar-refractivity contribution in [2.45, 2.75) is 18.9 Å². The molecule has 0 radical (unpaired) electrons. The monoisotopic (exact) mass is 412 g/mol. The van der Waals surface area contributed by atoms with Crippen molar-refractivity contribution >= 4 is 33.7 Å². The summed E-state index contributed by atoms with van der Waals surface area (Å²) in [5, 5.41) is 27.1. The molecule has 3 aromatic rings. The summed E-state index contributed by atoms with van der Waals surface area (Å²) in [6.45, 7) is 4.92. The van der Waals surface area contributed by atoms with Crippen LogP contribution >= 0.6 is 11.3 Å². The Kier molecular flexibility index (Phi) is 5.26. The first-order valence-electron chi connectivity index (χ1n) is 10.1. The lowest BCUT2D eigenvalue weighted by atomic mass is 9.92. The highest BCUT2D eigenvalue weighted by atomic mass is 32.1. The van der Waals surface area contributed by atoms with Crippen LogP contribution in [0.15, 0.2) is 29.8 Å². The maximum Gasteiger partial charge on any atom is 0.162 e. The van der Waals surface area contributed by atoms with Gasteiger partial charge in [-0.3, -0.25) is 0 Å². The van der Waals surface area contributed by atoms with Crippen molar-refractivity contribution in [3.8, 4) is 0 Å². The van der Waals surface area contributed by atoms with Crippen LogP contribution in [0, 0.1) is 5.92 Å². The fourth-order valence-corrected chi connectivity index (χ4v) is 4.97. The third-order valence-corrected chi connectivity index (χ3v) is 6.64. The fraction of sp³-hybridized carbons (Fsp3) is 0.500. The Bertz CT molecular complexity index is 963. The van der Waals surface area contributed by atoms with Crippen LogP contribution in [0.5, 0.6) is 0 Å². The Balaban J connectivity index is 1.40. The van der Waals surface area contributed by atoms with E-state index in [4.69, 9.17) is 4.74 Å². The van der Waals surface area contributed by atoms with Gasteiger partial charge >= 0.3 is 0 Å². The molecule has 0 aliphatic carbocycles. The van der Waals surface area contributed by atoms with Crippen LogP contribution in [0.3, 0.4) is 0 Å². The van der Waals surface area contributed by atoms with Crippen molar-refractivity contribution in [2.24, 2.45) is 5.92 Å². The molecule has 1 aromatic carbocycles. The zero-order valence-electron chi connectivity index (χ0n) is 16.1. The zero-order chi connectivity index (χ0) is 19.6. The van der Waals surface area contributed by atoms with Crippen molar-refractivity contribution in [3.05, 3.63) is 34.8 Å². The summed E-state index contributed by atoms with van der Waals surface area (Å²) in [4.78, 5) is 8.84. The number of aromatic nitrogens is 4. The predicted octanol–water partition coefficient (Wildman–Crippen LogP) is 2.27. The number of piperidine rings is 1. The quantitative estimate of drug-likeness (QED) is 0.698. The van der Waals surface area contributed by atoms with E-state index >= 15 is 0 Å². The Morgan fingerprint density at radius 2 is 2.03 bits per heavy atom. The number of aliphatic hydroxyl groups excluding tert-OH is 1. The number of aliphatic hydroxyl groups is 1. The Hall–Kier alpha value is -2.36. The molecule has 2 aliphatic rings. The van der Waals surface area contributed by atoms with Gasteiger partial charge in [-0.2, -0.15) is 0 Å². The van der Waals surface area contributed by atoms with Gasteiger partial charge < -0.3 is 19.6 Å². The average molecular weight is 413 g/mol. The van der Waals surface area contributed by atoms with Gasteiger partial charge in [0.2, 0.25) is 0 Å². The number of rotatable bonds is 4. The van der Waals surface area contributed by atoms with Crippen LogP contribution in [0.2, 0.25) is 0 Å². The molecule has 2 saturated heterocycles. The fourth-order valence-electron chi connectivity index (χ4n) is 4.25. The normalized spacial score (nSPS) is 21.5. The molecule has 1 N–H and O–H groups in total. The lowest BCUT2D eigenvalue weighted by Gasteiger charge is -2.35. The van der Waals surface area contributed by atoms with Crippen LogP contribution in [0.25, 0.3) is 10.9 Å². The van der Waals surface area contributed by atoms with Gasteiger partial charge in [-0.05, 0) is 36.3 Å². The number of fused-ring (bicyclic) bond motifs is 1. The van der Waals surface area contributed by atoms with Gasteiger partial charge in [0.05, 0.1) is 13.2 Å². The molecule has 8 nitrogen and oxygen atoms in total. The lowest BCUT2D eigenvalue weighted by molar-refractivity contribution is 0.0977. The van der Waals surface area contributed by atoms with Crippen molar-refractivity contribution in [1.82, 2.24) is 20.4 Å². The van der Waals surface area contributed by atoms with E-state index in [1.807, 2.05) is 5.38 Å². The molecule has 1 unspecified atom stereocenters. The second-order valence-electron chi connectivity index (χ2n) is 7.58. The van der Waals surface area contributed by atoms with E-state index in [1.54, 1.807) is 6.20 Å². The lowest BCUT2D eigenvalue weighted by Crippen LogP contribution is -2.38. The summed E-state index contributed by atoms with van der Waals surface area (Å²) >= 11 is 1.51. The first-order valence-corrected chi connectivity index (χ1v) is 11.0. The van der Waals surface area contributed by atoms with Crippen molar-refractivity contribution in [1.29, 1.82) is 0 Å². The van der Waals surface area contributed by atoms with Gasteiger partial charge in [-0.15, -0.1) is 21.5 Å². The predicted molar refractivity (Wildman–Crippen MR) is 112 cm³/mol. The van der Waals surface area contributed by atoms with E-state index in [9.17, 15) is 5.11 Å². The van der Waals surface area contributed by atoms with Gasteiger partial charge in [0.1, 0.15) is 16.6 Å². The maximum atomic E-state index is 10.7. The highest BCUT2D eigenvalue weighted by molar-refractivity contribution is 7.09. The molecule has 0 amide bonds. The Morgan fingerprint density at radius 3 is 2.86 bits per heavy atom. The van der Waals surface area contributed by atoms with E-state index in [2.05, 4.69) is 48.4 Å². The molecule has 4 heterocycles. The summed E-state index contributed by atoms with van der Waals surface area (Å²) in [6, 6.07) is 6.31. The molecule has 5 rings (SSSR count). The number of anilines is 2. The maximum absolute atomic E-state index is 10.7. The van der Waals surface area contributed by atoms with E-state index in [0.29, 0.717) is 0 Å². The molecular formula is C20H24N6O2S. The number of hydrogen-bond acceptors (Lipinski definition) is 9. The SMILES string of the molecule is OC(c1nccs1)[C@@H]1CCCN(c2nnnc3cc(N4CCOCC4)ccc23)C1. The summed E-state index contributed by atoms with van der Waals surface area (Å²) in [5.74, 6) is 0.979. The van der Waals surface area contributed by atoms with Gasteiger partial charge in [0.15, 0.2) is 5.82 Å². The summed E-state index contributed by atoms with van der Waals surface area (Å²) in [7, 11) is 0. The third-order valence-electron chi connectivity index (χ3n) is 5.80. The highest BCUT2D eigenvalue weighted by Crippen LogP contribution is 2.34. The number of thiazole rings is 1. The minimum atomic E-state index is -0.535. The van der Waals surface area contributed by atoms with Crippen LogP contribution in [0.1, 0.15) is 24.0 Å². The summed E-state index contributed by atoms with van der Waals surface area (Å²) in [5.41, 5.74) is 1.99. The number of morpholine rings is 1. The molecule has 0 spiro atoms. The highest BCUT2D eigenvalue weighted by Gasteiger charge is 2.30. The van der Waals surface area contributed by atoms with Crippen LogP contribution in [-0.4, -0.2) is 64.9 Å². The number of nitrogens with zero attached hydrogens (tertiary/aromatic N) is 6. The van der Waals surface area contributed by atoms with Crippen molar-refractivity contribution < 1.29 is 9.84 Å². The minimum absolute atomic E-state index is 0.132. The first kappa shape index (κ1) is 18.7. The van der Waals surface area contributed by atoms with Gasteiger partial charge in [0.25, 0.3) is 0 Å². The molecule has 29 heavy (non-hydrogen) atoms. The summed E-state index contributed by atoms with van der Waals surface area (Å²) < 4.78 is 5.45. The zero-order valence-corrected chi connectivity index (χ0v) is 17.0. The van der Waals surface area contributed by atoms with Crippen LogP contribution in [-0.2, 0) is 4.74 Å². The number of ether oxygens (including phenoxy) is 1. The first-order chi connectivity index (χ1) is 14.3. The minimum Gasteiger partial charge on any atom is -0.386 e. The molecule has 0 bridgehead atoms. The van der Waals surface area contributed by atoms with E-state index in [1.165, 1.54) is 11.3 Å². The largest absolute Gasteiger partial charge is 0.386 e. The summed E-state index contributed by atoms with van der Waals surface area (Å²) in [6.07, 6.45) is 3.20. The molecule has 0 saturated carbocycles. The number of benzene rings is 1. The van der Waals surface area contributed by atoms with Crippen LogP contribution < -0.4 is 9.80 Å². The van der Waals surface area contributed by atoms with Gasteiger partial charge in [-0.25, -0.2) is 4.98 Å². The molecule has 2 aliphatic heterocycles. The van der Waals surface area contributed by atoms with Gasteiger partial charge in [0, 0.05) is 54.7 Å². The smallest absolute Gasteiger partial charge is 0.162 e. The van der Waals surface area contributed by atoms with Gasteiger partial charge in [-0.1, -0.05) is 0 Å². The molecule has 9 heteroatoms. The van der Waals surface area contributed by atoms with E-state index in [0.717, 1.165) is 79.7 Å². The Morgan fingerprint density at radius 1 is 1.14 bits per heavy atom. The topological polar surface area (TPSA) is 87.5 Å².